The van der Waals surface area contributed by atoms with Gasteiger partial charge in [0.25, 0.3) is 0 Å². The molecular formula is C14H22N2O3S. The fraction of sp³-hybridized carbons (Fsp3) is 0.571. The molecule has 0 bridgehead atoms. The summed E-state index contributed by atoms with van der Waals surface area (Å²) >= 11 is 0. The van der Waals surface area contributed by atoms with Crippen molar-refractivity contribution in [3.05, 3.63) is 28.8 Å². The van der Waals surface area contributed by atoms with Crippen molar-refractivity contribution >= 4 is 10.0 Å². The first kappa shape index (κ1) is 15.4. The zero-order valence-electron chi connectivity index (χ0n) is 12.2. The molecule has 1 atom stereocenters. The number of nitrogens with one attached hydrogen (secondary N) is 1. The summed E-state index contributed by atoms with van der Waals surface area (Å²) < 4.78 is 27.7. The highest BCUT2D eigenvalue weighted by molar-refractivity contribution is 7.89. The molecule has 0 aliphatic carbocycles. The van der Waals surface area contributed by atoms with Crippen LogP contribution >= 0.6 is 0 Å². The highest BCUT2D eigenvalue weighted by Gasteiger charge is 2.26. The Morgan fingerprint density at radius 1 is 1.35 bits per heavy atom. The summed E-state index contributed by atoms with van der Waals surface area (Å²) in [5, 5.41) is 9.30. The van der Waals surface area contributed by atoms with Gasteiger partial charge in [-0.1, -0.05) is 6.07 Å². The number of likely N-dealkylation sites (N-methyl/N-ethyl adjacent to an activating group) is 1. The average molecular weight is 298 g/mol. The van der Waals surface area contributed by atoms with Crippen molar-refractivity contribution in [3.63, 3.8) is 0 Å². The molecule has 0 radical (unpaired) electrons. The Bertz CT molecular complexity index is 599. The van der Waals surface area contributed by atoms with Crippen molar-refractivity contribution in [3.8, 4) is 0 Å². The Morgan fingerprint density at radius 3 is 2.60 bits per heavy atom. The second-order valence-electron chi connectivity index (χ2n) is 5.57. The second-order valence-corrected chi connectivity index (χ2v) is 7.25. The molecule has 20 heavy (non-hydrogen) atoms. The van der Waals surface area contributed by atoms with Gasteiger partial charge in [0.05, 0.1) is 11.5 Å². The summed E-state index contributed by atoms with van der Waals surface area (Å²) in [6.07, 6.45) is 0.827. The predicted octanol–water partition coefficient (Wildman–Crippen LogP) is 0.778. The SMILES string of the molecule is Cc1cc(C)c(S(=O)(=O)NC2CCN(C)C2)cc1CO. The standard InChI is InChI=1S/C14H22N2O3S/c1-10-6-11(2)14(7-12(10)9-17)20(18,19)15-13-4-5-16(3)8-13/h6-7,13,15,17H,4-5,8-9H2,1-3H3. The van der Waals surface area contributed by atoms with E-state index in [0.717, 1.165) is 25.1 Å². The Hall–Kier alpha value is -0.950. The van der Waals surface area contributed by atoms with E-state index < -0.39 is 10.0 Å². The van der Waals surface area contributed by atoms with Gasteiger partial charge < -0.3 is 10.0 Å². The van der Waals surface area contributed by atoms with Crippen molar-refractivity contribution in [2.75, 3.05) is 20.1 Å². The van der Waals surface area contributed by atoms with Gasteiger partial charge in [-0.25, -0.2) is 13.1 Å². The molecule has 5 nitrogen and oxygen atoms in total. The van der Waals surface area contributed by atoms with E-state index in [-0.39, 0.29) is 17.5 Å². The summed E-state index contributed by atoms with van der Waals surface area (Å²) in [4.78, 5) is 2.37. The van der Waals surface area contributed by atoms with Crippen LogP contribution in [0.25, 0.3) is 0 Å². The van der Waals surface area contributed by atoms with Crippen molar-refractivity contribution in [2.24, 2.45) is 0 Å². The molecule has 1 heterocycles. The Labute approximate surface area is 120 Å². The third-order valence-electron chi connectivity index (χ3n) is 3.81. The zero-order chi connectivity index (χ0) is 14.9. The number of rotatable bonds is 4. The minimum atomic E-state index is -3.53. The van der Waals surface area contributed by atoms with Crippen LogP contribution in [0.1, 0.15) is 23.1 Å². The van der Waals surface area contributed by atoms with Crippen LogP contribution in [0.2, 0.25) is 0 Å². The van der Waals surface area contributed by atoms with Crippen LogP contribution in [-0.4, -0.2) is 44.6 Å². The third-order valence-corrected chi connectivity index (χ3v) is 5.47. The number of hydrogen-bond acceptors (Lipinski definition) is 4. The van der Waals surface area contributed by atoms with Crippen molar-refractivity contribution in [1.29, 1.82) is 0 Å². The molecule has 1 aliphatic rings. The summed E-state index contributed by atoms with van der Waals surface area (Å²) in [6, 6.07) is 3.34. The minimum Gasteiger partial charge on any atom is -0.392 e. The Kier molecular flexibility index (Phi) is 4.49. The molecule has 1 saturated heterocycles. The first-order valence-corrected chi connectivity index (χ1v) is 8.23. The Balaban J connectivity index is 2.29. The molecule has 1 aromatic carbocycles. The van der Waals surface area contributed by atoms with Gasteiger partial charge in [-0.15, -0.1) is 0 Å². The van der Waals surface area contributed by atoms with Crippen LogP contribution in [0.3, 0.4) is 0 Å². The normalized spacial score (nSPS) is 20.5. The van der Waals surface area contributed by atoms with Crippen molar-refractivity contribution < 1.29 is 13.5 Å². The maximum absolute atomic E-state index is 12.5. The number of aliphatic hydroxyl groups excluding tert-OH is 1. The monoisotopic (exact) mass is 298 g/mol. The lowest BCUT2D eigenvalue weighted by Gasteiger charge is -2.16. The van der Waals surface area contributed by atoms with Gasteiger partial charge in [0.15, 0.2) is 0 Å². The molecule has 0 amide bonds. The highest BCUT2D eigenvalue weighted by atomic mass is 32.2. The van der Waals surface area contributed by atoms with E-state index in [1.807, 2.05) is 14.0 Å². The van der Waals surface area contributed by atoms with Crippen molar-refractivity contribution in [2.45, 2.75) is 37.8 Å². The lowest BCUT2D eigenvalue weighted by Crippen LogP contribution is -2.36. The smallest absolute Gasteiger partial charge is 0.241 e. The van der Waals surface area contributed by atoms with E-state index in [0.29, 0.717) is 11.1 Å². The molecule has 1 aromatic rings. The molecule has 1 unspecified atom stereocenters. The third kappa shape index (κ3) is 3.20. The molecule has 112 valence electrons. The number of aryl methyl sites for hydroxylation is 2. The van der Waals surface area contributed by atoms with Gasteiger partial charge in [-0.05, 0) is 56.6 Å². The zero-order valence-corrected chi connectivity index (χ0v) is 13.0. The van der Waals surface area contributed by atoms with Gasteiger partial charge in [-0.3, -0.25) is 0 Å². The molecule has 0 aromatic heterocycles. The molecule has 0 saturated carbocycles. The van der Waals surface area contributed by atoms with Gasteiger partial charge in [0.2, 0.25) is 10.0 Å². The lowest BCUT2D eigenvalue weighted by molar-refractivity contribution is 0.280. The molecular weight excluding hydrogens is 276 g/mol. The van der Waals surface area contributed by atoms with Crippen LogP contribution < -0.4 is 4.72 Å². The molecule has 6 heteroatoms. The predicted molar refractivity (Wildman–Crippen MR) is 78.1 cm³/mol. The van der Waals surface area contributed by atoms with E-state index in [1.165, 1.54) is 0 Å². The molecule has 2 rings (SSSR count). The van der Waals surface area contributed by atoms with Gasteiger partial charge in [0.1, 0.15) is 0 Å². The number of hydrogen-bond donors (Lipinski definition) is 2. The second kappa shape index (κ2) is 5.81. The number of likely N-dealkylation sites (tertiary alicyclic amines) is 1. The fourth-order valence-corrected chi connectivity index (χ4v) is 4.19. The van der Waals surface area contributed by atoms with Crippen LogP contribution in [0, 0.1) is 13.8 Å². The molecule has 1 fully saturated rings. The first-order valence-electron chi connectivity index (χ1n) is 6.75. The molecule has 0 spiro atoms. The van der Waals surface area contributed by atoms with Crippen LogP contribution in [0.5, 0.6) is 0 Å². The number of aliphatic hydroxyl groups is 1. The lowest BCUT2D eigenvalue weighted by atomic mass is 10.1. The summed E-state index contributed by atoms with van der Waals surface area (Å²) in [7, 11) is -1.55. The van der Waals surface area contributed by atoms with E-state index in [2.05, 4.69) is 9.62 Å². The number of nitrogens with zero attached hydrogens (tertiary/aromatic N) is 1. The minimum absolute atomic E-state index is 0.0386. The molecule has 2 N–H and O–H groups in total. The maximum Gasteiger partial charge on any atom is 0.241 e. The topological polar surface area (TPSA) is 69.6 Å². The highest BCUT2D eigenvalue weighted by Crippen LogP contribution is 2.21. The summed E-state index contributed by atoms with van der Waals surface area (Å²) in [5.74, 6) is 0. The fourth-order valence-electron chi connectivity index (χ4n) is 2.65. The quantitative estimate of drug-likeness (QED) is 0.862. The maximum atomic E-state index is 12.5. The first-order chi connectivity index (χ1) is 9.33. The summed E-state index contributed by atoms with van der Waals surface area (Å²) in [5.41, 5.74) is 2.27. The number of benzene rings is 1. The number of sulfonamides is 1. The van der Waals surface area contributed by atoms with E-state index in [4.69, 9.17) is 0 Å². The largest absolute Gasteiger partial charge is 0.392 e. The van der Waals surface area contributed by atoms with E-state index in [9.17, 15) is 13.5 Å². The van der Waals surface area contributed by atoms with Crippen molar-refractivity contribution in [1.82, 2.24) is 9.62 Å². The molecule has 1 aliphatic heterocycles. The van der Waals surface area contributed by atoms with Crippen LogP contribution in [0.15, 0.2) is 17.0 Å². The van der Waals surface area contributed by atoms with Crippen LogP contribution in [-0.2, 0) is 16.6 Å². The summed E-state index contributed by atoms with van der Waals surface area (Å²) in [6.45, 7) is 5.14. The van der Waals surface area contributed by atoms with E-state index >= 15 is 0 Å². The Morgan fingerprint density at radius 2 is 2.05 bits per heavy atom. The van der Waals surface area contributed by atoms with Gasteiger partial charge in [0, 0.05) is 12.6 Å². The van der Waals surface area contributed by atoms with E-state index in [1.54, 1.807) is 19.1 Å². The average Bonchev–Trinajstić information content (AvgIpc) is 2.73. The van der Waals surface area contributed by atoms with Gasteiger partial charge in [-0.2, -0.15) is 0 Å². The van der Waals surface area contributed by atoms with Gasteiger partial charge >= 0.3 is 0 Å². The van der Waals surface area contributed by atoms with Crippen LogP contribution in [0.4, 0.5) is 0 Å².